The van der Waals surface area contributed by atoms with Gasteiger partial charge in [0.2, 0.25) is 0 Å². The molecule has 2 aromatic heterocycles. The molecule has 3 heterocycles. The largest absolute Gasteiger partial charge is 0.383 e. The third kappa shape index (κ3) is 5.12. The van der Waals surface area contributed by atoms with E-state index in [-0.39, 0.29) is 17.1 Å². The monoisotopic (exact) mass is 598 g/mol. The number of allylic oxidation sites excluding steroid dienone is 1. The highest BCUT2D eigenvalue weighted by molar-refractivity contribution is 7.92. The van der Waals surface area contributed by atoms with E-state index in [4.69, 9.17) is 10.5 Å². The first-order chi connectivity index (χ1) is 20.2. The first kappa shape index (κ1) is 28.2. The van der Waals surface area contributed by atoms with E-state index in [9.17, 15) is 12.8 Å². The van der Waals surface area contributed by atoms with Gasteiger partial charge in [0, 0.05) is 36.0 Å². The molecule has 0 spiro atoms. The number of benzene rings is 2. The minimum atomic E-state index is -4.53. The molecule has 6 rings (SSSR count). The molecule has 2 aromatic carbocycles. The number of rotatable bonds is 8. The van der Waals surface area contributed by atoms with Crippen LogP contribution >= 0.6 is 0 Å². The zero-order valence-electron chi connectivity index (χ0n) is 22.7. The molecule has 0 unspecified atom stereocenters. The van der Waals surface area contributed by atoms with Gasteiger partial charge in [0.05, 0.1) is 35.8 Å². The summed E-state index contributed by atoms with van der Waals surface area (Å²) >= 11 is 0. The summed E-state index contributed by atoms with van der Waals surface area (Å²) in [6, 6.07) is 6.91. The van der Waals surface area contributed by atoms with E-state index in [2.05, 4.69) is 21.5 Å². The number of nitrogens with one attached hydrogen (secondary N) is 2. The number of hydrogen-bond donors (Lipinski definition) is 3. The number of anilines is 2. The van der Waals surface area contributed by atoms with Crippen LogP contribution in [0.2, 0.25) is 0 Å². The summed E-state index contributed by atoms with van der Waals surface area (Å²) in [5, 5.41) is 8.56. The van der Waals surface area contributed by atoms with E-state index in [1.54, 1.807) is 10.9 Å². The average Bonchev–Trinajstić information content (AvgIpc) is 3.34. The topological polar surface area (TPSA) is 124 Å². The normalized spacial score (nSPS) is 17.7. The number of hydrogen-bond acceptors (Lipinski definition) is 7. The molecule has 1 aliphatic carbocycles. The molecule has 1 fully saturated rings. The van der Waals surface area contributed by atoms with Crippen molar-refractivity contribution in [1.82, 2.24) is 20.1 Å². The molecule has 4 N–H and O–H groups in total. The van der Waals surface area contributed by atoms with Crippen LogP contribution in [-0.2, 0) is 21.3 Å². The Morgan fingerprint density at radius 3 is 2.52 bits per heavy atom. The van der Waals surface area contributed by atoms with Crippen LogP contribution < -0.4 is 15.8 Å². The number of nitrogens with zero attached hydrogens (tertiary/aromatic N) is 3. The molecule has 0 amide bonds. The molecular weight excluding hydrogens is 569 g/mol. The van der Waals surface area contributed by atoms with Crippen molar-refractivity contribution in [2.24, 2.45) is 0 Å². The second-order valence-electron chi connectivity index (χ2n) is 10.4. The molecular formula is C29H29F3N6O3S. The molecule has 0 saturated carbocycles. The van der Waals surface area contributed by atoms with Crippen molar-refractivity contribution in [3.63, 3.8) is 0 Å². The van der Waals surface area contributed by atoms with E-state index in [1.807, 2.05) is 11.6 Å². The lowest BCUT2D eigenvalue weighted by Crippen LogP contribution is -2.50. The fourth-order valence-corrected chi connectivity index (χ4v) is 6.59. The summed E-state index contributed by atoms with van der Waals surface area (Å²) in [6.45, 7) is 3.76. The van der Waals surface area contributed by atoms with E-state index >= 15 is 8.78 Å². The molecule has 4 aromatic rings. The van der Waals surface area contributed by atoms with Crippen molar-refractivity contribution in [1.29, 1.82) is 0 Å². The number of fused-ring (bicyclic) bond motifs is 1. The van der Waals surface area contributed by atoms with Gasteiger partial charge in [-0.1, -0.05) is 18.2 Å². The standard InChI is InChI=1S/C29H29F3N6O3S/c1-2-38-28-20(16-7-9-17(10-8-16)35-18-14-41-15-18)13-34-29(33)26(28)27(36-38)19-11-23(32)24(12-22(19)31)37-42(39,40)25-6-4-3-5-21(25)30/h3-7,11-13,17-18,35,37H,2,8-10,14-15H2,1H3,(H2,33,34)/t17-/m1/s1. The third-order valence-corrected chi connectivity index (χ3v) is 9.04. The molecule has 9 nitrogen and oxygen atoms in total. The molecule has 2 aliphatic rings. The fraction of sp³-hybridized carbons (Fsp3) is 0.310. The van der Waals surface area contributed by atoms with Crippen LogP contribution in [0.1, 0.15) is 31.7 Å². The summed E-state index contributed by atoms with van der Waals surface area (Å²) < 4.78 is 79.2. The minimum absolute atomic E-state index is 0.0829. The molecule has 1 saturated heterocycles. The van der Waals surface area contributed by atoms with Crippen LogP contribution in [0.15, 0.2) is 53.6 Å². The van der Waals surface area contributed by atoms with Gasteiger partial charge >= 0.3 is 0 Å². The second kappa shape index (κ2) is 11.0. The molecule has 42 heavy (non-hydrogen) atoms. The molecule has 13 heteroatoms. The summed E-state index contributed by atoms with van der Waals surface area (Å²) in [5.41, 5.74) is 8.04. The SMILES string of the molecule is CCn1nc(-c2cc(F)c(NS(=O)(=O)c3ccccc3F)cc2F)c2c(N)ncc(C3=CC[C@@H](NC4COC4)CC3)c21. The van der Waals surface area contributed by atoms with Gasteiger partial charge in [-0.3, -0.25) is 9.40 Å². The number of halogens is 3. The number of ether oxygens (including phenoxy) is 1. The lowest BCUT2D eigenvalue weighted by molar-refractivity contribution is -0.0103. The van der Waals surface area contributed by atoms with Crippen LogP contribution in [0, 0.1) is 17.5 Å². The van der Waals surface area contributed by atoms with Crippen molar-refractivity contribution < 1.29 is 26.3 Å². The highest BCUT2D eigenvalue weighted by atomic mass is 32.2. The third-order valence-electron chi connectivity index (χ3n) is 7.64. The summed E-state index contributed by atoms with van der Waals surface area (Å²) in [5.74, 6) is -2.93. The van der Waals surface area contributed by atoms with Gasteiger partial charge in [-0.05, 0) is 50.0 Å². The smallest absolute Gasteiger partial charge is 0.264 e. The Labute approximate surface area is 240 Å². The lowest BCUT2D eigenvalue weighted by atomic mass is 9.89. The van der Waals surface area contributed by atoms with Crippen LogP contribution in [0.3, 0.4) is 0 Å². The fourth-order valence-electron chi connectivity index (χ4n) is 5.45. The Morgan fingerprint density at radius 1 is 1.07 bits per heavy atom. The van der Waals surface area contributed by atoms with Crippen LogP contribution in [-0.4, -0.2) is 48.5 Å². The summed E-state index contributed by atoms with van der Waals surface area (Å²) in [6.07, 6.45) is 6.39. The zero-order valence-corrected chi connectivity index (χ0v) is 23.5. The zero-order chi connectivity index (χ0) is 29.6. The Bertz CT molecular complexity index is 1820. The van der Waals surface area contributed by atoms with Gasteiger partial charge in [-0.15, -0.1) is 0 Å². The first-order valence-electron chi connectivity index (χ1n) is 13.6. The van der Waals surface area contributed by atoms with Crippen molar-refractivity contribution in [3.8, 4) is 11.3 Å². The van der Waals surface area contributed by atoms with Gasteiger partial charge in [0.15, 0.2) is 0 Å². The first-order valence-corrected chi connectivity index (χ1v) is 15.1. The number of aryl methyl sites for hydroxylation is 1. The number of pyridine rings is 1. The van der Waals surface area contributed by atoms with Gasteiger partial charge < -0.3 is 15.8 Å². The van der Waals surface area contributed by atoms with E-state index in [0.29, 0.717) is 35.6 Å². The molecule has 0 bridgehead atoms. The Balaban J connectivity index is 1.37. The summed E-state index contributed by atoms with van der Waals surface area (Å²) in [7, 11) is -4.53. The number of aromatic nitrogens is 3. The Kier molecular flexibility index (Phi) is 7.41. The maximum atomic E-state index is 15.6. The average molecular weight is 599 g/mol. The van der Waals surface area contributed by atoms with Crippen molar-refractivity contribution >= 4 is 38.0 Å². The highest BCUT2D eigenvalue weighted by Crippen LogP contribution is 2.40. The van der Waals surface area contributed by atoms with E-state index in [0.717, 1.165) is 61.8 Å². The molecule has 1 aliphatic heterocycles. The van der Waals surface area contributed by atoms with E-state index in [1.165, 1.54) is 12.1 Å². The number of nitrogen functional groups attached to an aromatic ring is 1. The van der Waals surface area contributed by atoms with Gasteiger partial charge in [0.25, 0.3) is 10.0 Å². The second-order valence-corrected chi connectivity index (χ2v) is 12.0. The van der Waals surface area contributed by atoms with Crippen LogP contribution in [0.5, 0.6) is 0 Å². The van der Waals surface area contributed by atoms with Crippen molar-refractivity contribution in [2.45, 2.75) is 49.7 Å². The Hall–Kier alpha value is -3.94. The maximum absolute atomic E-state index is 15.6. The van der Waals surface area contributed by atoms with Gasteiger partial charge in [-0.25, -0.2) is 26.6 Å². The predicted molar refractivity (Wildman–Crippen MR) is 154 cm³/mol. The van der Waals surface area contributed by atoms with Gasteiger partial charge in [-0.2, -0.15) is 5.10 Å². The van der Waals surface area contributed by atoms with Crippen LogP contribution in [0.25, 0.3) is 27.7 Å². The lowest BCUT2D eigenvalue weighted by Gasteiger charge is -2.33. The van der Waals surface area contributed by atoms with Crippen molar-refractivity contribution in [3.05, 3.63) is 71.7 Å². The maximum Gasteiger partial charge on any atom is 0.264 e. The quantitative estimate of drug-likeness (QED) is 0.265. The highest BCUT2D eigenvalue weighted by Gasteiger charge is 2.28. The minimum Gasteiger partial charge on any atom is -0.383 e. The van der Waals surface area contributed by atoms with Crippen molar-refractivity contribution in [2.75, 3.05) is 23.7 Å². The van der Waals surface area contributed by atoms with E-state index < -0.39 is 38.1 Å². The molecule has 0 radical (unpaired) electrons. The molecule has 220 valence electrons. The Morgan fingerprint density at radius 2 is 1.86 bits per heavy atom. The number of nitrogens with two attached hydrogens (primary N) is 1. The predicted octanol–water partition coefficient (Wildman–Crippen LogP) is 4.84. The number of sulfonamides is 1. The van der Waals surface area contributed by atoms with Gasteiger partial charge in [0.1, 0.15) is 33.9 Å². The molecule has 1 atom stereocenters. The van der Waals surface area contributed by atoms with Crippen LogP contribution in [0.4, 0.5) is 24.7 Å². The summed E-state index contributed by atoms with van der Waals surface area (Å²) in [4.78, 5) is 3.68.